The van der Waals surface area contributed by atoms with E-state index in [1.807, 2.05) is 19.9 Å². The molecule has 0 unspecified atom stereocenters. The number of benzene rings is 2. The predicted octanol–water partition coefficient (Wildman–Crippen LogP) is 4.87. The molecule has 1 N–H and O–H groups in total. The number of nitrogens with zero attached hydrogens (tertiary/aromatic N) is 3. The summed E-state index contributed by atoms with van der Waals surface area (Å²) in [5, 5.41) is 3.69. The molecule has 3 aromatic rings. The normalized spacial score (nSPS) is 13.8. The van der Waals surface area contributed by atoms with Gasteiger partial charge in [-0.1, -0.05) is 35.9 Å². The summed E-state index contributed by atoms with van der Waals surface area (Å²) in [7, 11) is 0. The van der Waals surface area contributed by atoms with Gasteiger partial charge in [-0.15, -0.1) is 0 Å². The first-order chi connectivity index (χ1) is 15.3. The number of anilines is 1. The van der Waals surface area contributed by atoms with E-state index in [1.165, 1.54) is 12.1 Å². The number of rotatable bonds is 6. The second kappa shape index (κ2) is 9.10. The van der Waals surface area contributed by atoms with E-state index in [0.29, 0.717) is 10.2 Å². The Labute approximate surface area is 193 Å². The number of thioether (sulfide) groups is 1. The fourth-order valence-corrected chi connectivity index (χ4v) is 4.33. The molecule has 0 aliphatic carbocycles. The van der Waals surface area contributed by atoms with Crippen molar-refractivity contribution < 1.29 is 14.0 Å². The third-order valence-electron chi connectivity index (χ3n) is 4.67. The molecule has 0 saturated carbocycles. The number of hydrogen-bond acceptors (Lipinski definition) is 6. The standard InChI is InChI=1S/C23H18ClFN4O2S/c1-13-11-14(2)27-23(26-13)32-20-19(28-18-6-4-3-5-17(18)25)21(30)29(22(20)31)12-15-7-9-16(24)10-8-15/h3-11,28H,12H2,1-2H3. The van der Waals surface area contributed by atoms with Crippen LogP contribution in [0.4, 0.5) is 10.1 Å². The van der Waals surface area contributed by atoms with Crippen molar-refractivity contribution in [1.82, 2.24) is 14.9 Å². The van der Waals surface area contributed by atoms with E-state index in [1.54, 1.807) is 36.4 Å². The minimum absolute atomic E-state index is 0.0122. The molecule has 2 aromatic carbocycles. The number of aryl methyl sites for hydroxylation is 2. The summed E-state index contributed by atoms with van der Waals surface area (Å²) in [6.07, 6.45) is 0. The monoisotopic (exact) mass is 468 g/mol. The van der Waals surface area contributed by atoms with Crippen molar-refractivity contribution in [3.63, 3.8) is 0 Å². The number of halogens is 2. The Kier molecular flexibility index (Phi) is 6.25. The highest BCUT2D eigenvalue weighted by Gasteiger charge is 2.40. The van der Waals surface area contributed by atoms with Crippen LogP contribution in [0.15, 0.2) is 70.4 Å². The topological polar surface area (TPSA) is 75.2 Å². The Morgan fingerprint density at radius 2 is 1.66 bits per heavy atom. The number of carbonyl (C=O) groups is 2. The number of aromatic nitrogens is 2. The largest absolute Gasteiger partial charge is 0.348 e. The van der Waals surface area contributed by atoms with Crippen molar-refractivity contribution in [2.24, 2.45) is 0 Å². The molecule has 1 aliphatic rings. The maximum atomic E-state index is 14.3. The molecule has 0 spiro atoms. The van der Waals surface area contributed by atoms with Crippen LogP contribution in [0.1, 0.15) is 17.0 Å². The lowest BCUT2D eigenvalue weighted by atomic mass is 10.2. The SMILES string of the molecule is Cc1cc(C)nc(SC2=C(Nc3ccccc3F)C(=O)N(Cc3ccc(Cl)cc3)C2=O)n1. The van der Waals surface area contributed by atoms with Gasteiger partial charge in [0.15, 0.2) is 5.16 Å². The zero-order valence-electron chi connectivity index (χ0n) is 17.2. The van der Waals surface area contributed by atoms with E-state index >= 15 is 0 Å². The molecule has 1 aliphatic heterocycles. The number of imide groups is 1. The number of carbonyl (C=O) groups excluding carboxylic acids is 2. The lowest BCUT2D eigenvalue weighted by molar-refractivity contribution is -0.137. The summed E-state index contributed by atoms with van der Waals surface area (Å²) in [5.74, 6) is -1.60. The molecule has 6 nitrogen and oxygen atoms in total. The van der Waals surface area contributed by atoms with Gasteiger partial charge < -0.3 is 5.32 Å². The van der Waals surface area contributed by atoms with E-state index in [4.69, 9.17) is 11.6 Å². The summed E-state index contributed by atoms with van der Waals surface area (Å²) < 4.78 is 14.3. The highest BCUT2D eigenvalue weighted by atomic mass is 35.5. The minimum Gasteiger partial charge on any atom is -0.348 e. The van der Waals surface area contributed by atoms with Gasteiger partial charge in [0.05, 0.1) is 12.2 Å². The number of nitrogens with one attached hydrogen (secondary N) is 1. The lowest BCUT2D eigenvalue weighted by Crippen LogP contribution is -2.32. The minimum atomic E-state index is -0.555. The Balaban J connectivity index is 1.71. The second-order valence-electron chi connectivity index (χ2n) is 7.17. The predicted molar refractivity (Wildman–Crippen MR) is 121 cm³/mol. The first-order valence-electron chi connectivity index (χ1n) is 9.68. The van der Waals surface area contributed by atoms with Crippen molar-refractivity contribution in [3.05, 3.63) is 93.0 Å². The summed E-state index contributed by atoms with van der Waals surface area (Å²) in [4.78, 5) is 36.4. The van der Waals surface area contributed by atoms with Gasteiger partial charge in [0.2, 0.25) is 0 Å². The smallest absolute Gasteiger partial charge is 0.278 e. The van der Waals surface area contributed by atoms with Crippen molar-refractivity contribution >= 4 is 40.9 Å². The fourth-order valence-electron chi connectivity index (χ4n) is 3.20. The molecule has 0 radical (unpaired) electrons. The van der Waals surface area contributed by atoms with Crippen molar-refractivity contribution in [2.45, 2.75) is 25.5 Å². The second-order valence-corrected chi connectivity index (χ2v) is 8.58. The highest BCUT2D eigenvalue weighted by molar-refractivity contribution is 8.04. The van der Waals surface area contributed by atoms with Crippen LogP contribution >= 0.6 is 23.4 Å². The third kappa shape index (κ3) is 4.66. The van der Waals surface area contributed by atoms with Crippen molar-refractivity contribution in [1.29, 1.82) is 0 Å². The van der Waals surface area contributed by atoms with Crippen LogP contribution in [-0.4, -0.2) is 26.7 Å². The van der Waals surface area contributed by atoms with Gasteiger partial charge in [-0.05, 0) is 61.5 Å². The molecule has 32 heavy (non-hydrogen) atoms. The molecule has 9 heteroatoms. The van der Waals surface area contributed by atoms with E-state index in [0.717, 1.165) is 33.6 Å². The summed E-state index contributed by atoms with van der Waals surface area (Å²) in [6, 6.07) is 14.6. The van der Waals surface area contributed by atoms with Crippen LogP contribution in [0.5, 0.6) is 0 Å². The number of amides is 2. The van der Waals surface area contributed by atoms with Gasteiger partial charge >= 0.3 is 0 Å². The molecule has 0 saturated heterocycles. The molecule has 4 rings (SSSR count). The zero-order chi connectivity index (χ0) is 22.8. The Bertz CT molecular complexity index is 1230. The van der Waals surface area contributed by atoms with Gasteiger partial charge in [-0.25, -0.2) is 14.4 Å². The quantitative estimate of drug-likeness (QED) is 0.411. The molecule has 0 fully saturated rings. The highest BCUT2D eigenvalue weighted by Crippen LogP contribution is 2.35. The van der Waals surface area contributed by atoms with Crippen LogP contribution in [-0.2, 0) is 16.1 Å². The Morgan fingerprint density at radius 1 is 1.00 bits per heavy atom. The van der Waals surface area contributed by atoms with E-state index < -0.39 is 17.6 Å². The molecule has 0 atom stereocenters. The van der Waals surface area contributed by atoms with E-state index in [-0.39, 0.29) is 22.8 Å². The lowest BCUT2D eigenvalue weighted by Gasteiger charge is -2.15. The summed E-state index contributed by atoms with van der Waals surface area (Å²) in [6.45, 7) is 3.69. The molecule has 2 heterocycles. The van der Waals surface area contributed by atoms with E-state index in [2.05, 4.69) is 15.3 Å². The Hall–Kier alpha value is -3.23. The van der Waals surface area contributed by atoms with E-state index in [9.17, 15) is 14.0 Å². The van der Waals surface area contributed by atoms with Gasteiger partial charge in [-0.3, -0.25) is 14.5 Å². The first-order valence-corrected chi connectivity index (χ1v) is 10.9. The van der Waals surface area contributed by atoms with Crippen LogP contribution in [0.25, 0.3) is 0 Å². The van der Waals surface area contributed by atoms with Gasteiger partial charge in [0, 0.05) is 16.4 Å². The van der Waals surface area contributed by atoms with Crippen molar-refractivity contribution in [2.75, 3.05) is 5.32 Å². The third-order valence-corrected chi connectivity index (χ3v) is 5.87. The molecular weight excluding hydrogens is 451 g/mol. The number of hydrogen-bond donors (Lipinski definition) is 1. The first kappa shape index (κ1) is 22.0. The summed E-state index contributed by atoms with van der Waals surface area (Å²) in [5.41, 5.74) is 2.28. The van der Waals surface area contributed by atoms with Gasteiger partial charge in [0.25, 0.3) is 11.8 Å². The molecule has 0 bridgehead atoms. The molecule has 1 aromatic heterocycles. The maximum Gasteiger partial charge on any atom is 0.278 e. The van der Waals surface area contributed by atoms with Crippen molar-refractivity contribution in [3.8, 4) is 0 Å². The average Bonchev–Trinajstić information content (AvgIpc) is 2.95. The zero-order valence-corrected chi connectivity index (χ0v) is 18.8. The van der Waals surface area contributed by atoms with Crippen LogP contribution in [0.2, 0.25) is 5.02 Å². The van der Waals surface area contributed by atoms with Crippen LogP contribution < -0.4 is 5.32 Å². The average molecular weight is 469 g/mol. The molecular formula is C23H18ClFN4O2S. The fraction of sp³-hybridized carbons (Fsp3) is 0.130. The summed E-state index contributed by atoms with van der Waals surface area (Å²) >= 11 is 6.92. The van der Waals surface area contributed by atoms with Crippen LogP contribution in [0.3, 0.4) is 0 Å². The van der Waals surface area contributed by atoms with Gasteiger partial charge in [0.1, 0.15) is 16.4 Å². The Morgan fingerprint density at radius 3 is 2.31 bits per heavy atom. The van der Waals surface area contributed by atoms with Gasteiger partial charge in [-0.2, -0.15) is 0 Å². The molecule has 162 valence electrons. The van der Waals surface area contributed by atoms with Crippen LogP contribution in [0, 0.1) is 19.7 Å². The number of para-hydroxylation sites is 1. The molecule has 2 amide bonds. The maximum absolute atomic E-state index is 14.3.